The highest BCUT2D eigenvalue weighted by Crippen LogP contribution is 2.44. The van der Waals surface area contributed by atoms with Crippen molar-refractivity contribution in [3.8, 4) is 17.2 Å². The minimum absolute atomic E-state index is 0.0780. The molecular weight excluding hydrogens is 362 g/mol. The number of aliphatic hydroxyl groups excluding tert-OH is 1. The molecule has 1 atom stereocenters. The third-order valence-electron chi connectivity index (χ3n) is 2.80. The van der Waals surface area contributed by atoms with E-state index in [4.69, 9.17) is 24.4 Å². The second-order valence-electron chi connectivity index (χ2n) is 4.05. The summed E-state index contributed by atoms with van der Waals surface area (Å²) in [6.07, 6.45) is 0. The lowest BCUT2D eigenvalue weighted by Gasteiger charge is -2.17. The van der Waals surface area contributed by atoms with Gasteiger partial charge in [0.1, 0.15) is 0 Å². The van der Waals surface area contributed by atoms with Gasteiger partial charge in [0, 0.05) is 0 Å². The Labute approximate surface area is 135 Å². The quantitative estimate of drug-likeness (QED) is 0.638. The maximum absolute atomic E-state index is 12.2. The van der Waals surface area contributed by atoms with Crippen LogP contribution in [0.1, 0.15) is 10.4 Å². The summed E-state index contributed by atoms with van der Waals surface area (Å²) in [7, 11) is 4.19. The van der Waals surface area contributed by atoms with E-state index in [1.165, 1.54) is 27.4 Å². The first-order chi connectivity index (χ1) is 10.4. The highest BCUT2D eigenvalue weighted by atomic mass is 79.9. The zero-order valence-corrected chi connectivity index (χ0v) is 13.8. The van der Waals surface area contributed by atoms with Gasteiger partial charge in [0.15, 0.2) is 17.5 Å². The number of amides is 1. The summed E-state index contributed by atoms with van der Waals surface area (Å²) >= 11 is 3.21. The largest absolute Gasteiger partial charge is 0.493 e. The summed E-state index contributed by atoms with van der Waals surface area (Å²) in [4.78, 5) is 23.1. The van der Waals surface area contributed by atoms with E-state index in [0.29, 0.717) is 0 Å². The first kappa shape index (κ1) is 18.1. The Kier molecular flexibility index (Phi) is 6.44. The highest BCUT2D eigenvalue weighted by Gasteiger charge is 2.26. The molecule has 0 aliphatic carbocycles. The Morgan fingerprint density at radius 2 is 1.82 bits per heavy atom. The lowest BCUT2D eigenvalue weighted by atomic mass is 10.1. The molecule has 1 rings (SSSR count). The molecule has 0 aliphatic heterocycles. The number of carboxylic acid groups (broad SMARTS) is 1. The molecule has 1 aromatic rings. The van der Waals surface area contributed by atoms with Crippen LogP contribution in [0.4, 0.5) is 0 Å². The summed E-state index contributed by atoms with van der Waals surface area (Å²) in [5, 5.41) is 20.0. The summed E-state index contributed by atoms with van der Waals surface area (Å²) in [6.45, 7) is -0.733. The summed E-state index contributed by atoms with van der Waals surface area (Å²) in [5.74, 6) is -1.32. The van der Waals surface area contributed by atoms with E-state index in [9.17, 15) is 9.59 Å². The van der Waals surface area contributed by atoms with Gasteiger partial charge in [-0.1, -0.05) is 0 Å². The van der Waals surface area contributed by atoms with E-state index in [-0.39, 0.29) is 27.3 Å². The van der Waals surface area contributed by atoms with Crippen LogP contribution in [0.15, 0.2) is 10.5 Å². The molecule has 0 fully saturated rings. The van der Waals surface area contributed by atoms with Gasteiger partial charge in [-0.05, 0) is 22.0 Å². The number of ether oxygens (including phenoxy) is 3. The second-order valence-corrected chi connectivity index (χ2v) is 4.85. The smallest absolute Gasteiger partial charge is 0.328 e. The molecule has 9 heteroatoms. The van der Waals surface area contributed by atoms with Crippen LogP contribution < -0.4 is 19.5 Å². The van der Waals surface area contributed by atoms with Crippen molar-refractivity contribution >= 4 is 27.8 Å². The lowest BCUT2D eigenvalue weighted by Crippen LogP contribution is -2.43. The summed E-state index contributed by atoms with van der Waals surface area (Å²) < 4.78 is 15.8. The van der Waals surface area contributed by atoms with Gasteiger partial charge in [-0.3, -0.25) is 4.79 Å². The molecule has 1 amide bonds. The van der Waals surface area contributed by atoms with Gasteiger partial charge in [0.05, 0.1) is 38.0 Å². The number of benzene rings is 1. The number of hydrogen-bond donors (Lipinski definition) is 3. The number of aliphatic hydroxyl groups is 1. The molecule has 0 bridgehead atoms. The Balaban J connectivity index is 3.29. The predicted molar refractivity (Wildman–Crippen MR) is 79.8 cm³/mol. The van der Waals surface area contributed by atoms with E-state index in [2.05, 4.69) is 21.2 Å². The maximum atomic E-state index is 12.2. The Hall–Kier alpha value is -2.00. The number of carboxylic acids is 1. The number of carbonyl (C=O) groups excluding carboxylic acids is 1. The zero-order chi connectivity index (χ0) is 16.9. The normalized spacial score (nSPS) is 11.5. The molecule has 0 spiro atoms. The van der Waals surface area contributed by atoms with Crippen LogP contribution in [0.3, 0.4) is 0 Å². The number of methoxy groups -OCH3 is 3. The van der Waals surface area contributed by atoms with Gasteiger partial charge in [0.2, 0.25) is 5.75 Å². The van der Waals surface area contributed by atoms with Crippen LogP contribution in [-0.4, -0.2) is 56.1 Å². The van der Waals surface area contributed by atoms with E-state index in [1.807, 2.05) is 0 Å². The highest BCUT2D eigenvalue weighted by molar-refractivity contribution is 9.10. The van der Waals surface area contributed by atoms with Crippen molar-refractivity contribution in [1.82, 2.24) is 5.32 Å². The number of carbonyl (C=O) groups is 2. The number of halogens is 1. The van der Waals surface area contributed by atoms with Crippen LogP contribution in [-0.2, 0) is 4.79 Å². The zero-order valence-electron chi connectivity index (χ0n) is 12.2. The van der Waals surface area contributed by atoms with Crippen LogP contribution in [0.5, 0.6) is 17.2 Å². The monoisotopic (exact) mass is 377 g/mol. The number of aliphatic carboxylic acids is 1. The topological polar surface area (TPSA) is 114 Å². The second kappa shape index (κ2) is 7.85. The van der Waals surface area contributed by atoms with Crippen molar-refractivity contribution in [3.63, 3.8) is 0 Å². The average molecular weight is 378 g/mol. The van der Waals surface area contributed by atoms with E-state index in [0.717, 1.165) is 0 Å². The fraction of sp³-hybridized carbons (Fsp3) is 0.385. The Morgan fingerprint density at radius 3 is 2.23 bits per heavy atom. The van der Waals surface area contributed by atoms with Crippen LogP contribution in [0.25, 0.3) is 0 Å². The average Bonchev–Trinajstić information content (AvgIpc) is 2.51. The third kappa shape index (κ3) is 3.60. The fourth-order valence-corrected chi connectivity index (χ4v) is 2.34. The van der Waals surface area contributed by atoms with Crippen molar-refractivity contribution in [2.75, 3.05) is 27.9 Å². The summed E-state index contributed by atoms with van der Waals surface area (Å²) in [6, 6.07) is -0.0460. The molecule has 1 unspecified atom stereocenters. The van der Waals surface area contributed by atoms with Crippen LogP contribution in [0, 0.1) is 0 Å². The molecule has 0 saturated heterocycles. The van der Waals surface area contributed by atoms with E-state index in [1.54, 1.807) is 0 Å². The molecule has 22 heavy (non-hydrogen) atoms. The van der Waals surface area contributed by atoms with Gasteiger partial charge in [-0.25, -0.2) is 4.79 Å². The van der Waals surface area contributed by atoms with Gasteiger partial charge in [-0.15, -0.1) is 0 Å². The Morgan fingerprint density at radius 1 is 1.23 bits per heavy atom. The van der Waals surface area contributed by atoms with Crippen molar-refractivity contribution in [2.24, 2.45) is 0 Å². The molecule has 0 aromatic heterocycles. The predicted octanol–water partition coefficient (Wildman–Crippen LogP) is 0.650. The van der Waals surface area contributed by atoms with Gasteiger partial charge >= 0.3 is 5.97 Å². The Bertz CT molecular complexity index is 576. The SMILES string of the molecule is COc1cc(C(=O)NC(CO)C(=O)O)c(Br)c(OC)c1OC. The molecule has 122 valence electrons. The van der Waals surface area contributed by atoms with Crippen molar-refractivity contribution < 1.29 is 34.0 Å². The maximum Gasteiger partial charge on any atom is 0.328 e. The third-order valence-corrected chi connectivity index (χ3v) is 3.59. The minimum atomic E-state index is -1.42. The summed E-state index contributed by atoms with van der Waals surface area (Å²) in [5.41, 5.74) is 0.0780. The van der Waals surface area contributed by atoms with Gasteiger partial charge in [-0.2, -0.15) is 0 Å². The molecule has 0 radical (unpaired) electrons. The van der Waals surface area contributed by atoms with Crippen molar-refractivity contribution in [1.29, 1.82) is 0 Å². The molecule has 0 aliphatic rings. The van der Waals surface area contributed by atoms with Crippen molar-refractivity contribution in [3.05, 3.63) is 16.1 Å². The molecule has 0 saturated carbocycles. The van der Waals surface area contributed by atoms with Gasteiger partial charge < -0.3 is 29.7 Å². The minimum Gasteiger partial charge on any atom is -0.493 e. The molecule has 3 N–H and O–H groups in total. The first-order valence-electron chi connectivity index (χ1n) is 6.04. The number of nitrogens with one attached hydrogen (secondary N) is 1. The van der Waals surface area contributed by atoms with Crippen molar-refractivity contribution in [2.45, 2.75) is 6.04 Å². The van der Waals surface area contributed by atoms with E-state index >= 15 is 0 Å². The number of rotatable bonds is 7. The van der Waals surface area contributed by atoms with Crippen LogP contribution >= 0.6 is 15.9 Å². The van der Waals surface area contributed by atoms with Gasteiger partial charge in [0.25, 0.3) is 5.91 Å². The molecule has 0 heterocycles. The lowest BCUT2D eigenvalue weighted by molar-refractivity contribution is -0.140. The fourth-order valence-electron chi connectivity index (χ4n) is 1.71. The molecule has 1 aromatic carbocycles. The number of hydrogen-bond acceptors (Lipinski definition) is 6. The molecule has 8 nitrogen and oxygen atoms in total. The van der Waals surface area contributed by atoms with E-state index < -0.39 is 24.5 Å². The first-order valence-corrected chi connectivity index (χ1v) is 6.83. The standard InChI is InChI=1S/C13H16BrNO7/c1-20-8-4-6(9(14)11(22-3)10(8)21-2)12(17)15-7(5-16)13(18)19/h4,7,16H,5H2,1-3H3,(H,15,17)(H,18,19). The van der Waals surface area contributed by atoms with Crippen LogP contribution in [0.2, 0.25) is 0 Å². The molecular formula is C13H16BrNO7.